The van der Waals surface area contributed by atoms with E-state index in [2.05, 4.69) is 11.9 Å². The Balaban J connectivity index is 1.65. The van der Waals surface area contributed by atoms with Crippen molar-refractivity contribution in [3.63, 3.8) is 0 Å². The third-order valence-electron chi connectivity index (χ3n) is 5.50. The molecule has 2 aromatic carbocycles. The number of rotatable bonds is 9. The summed E-state index contributed by atoms with van der Waals surface area (Å²) in [6.45, 7) is 3.88. The van der Waals surface area contributed by atoms with Crippen LogP contribution in [0.15, 0.2) is 71.4 Å². The number of urea groups is 1. The number of nitrogens with zero attached hydrogens (tertiary/aromatic N) is 1. The molecular formula is C27H22Cl2N2O6. The first kappa shape index (κ1) is 26.1. The highest BCUT2D eigenvalue weighted by Crippen LogP contribution is 2.35. The molecule has 0 radical (unpaired) electrons. The molecule has 4 amide bonds. The van der Waals surface area contributed by atoms with Gasteiger partial charge in [0, 0.05) is 5.56 Å². The number of furan rings is 1. The van der Waals surface area contributed by atoms with Crippen molar-refractivity contribution < 1.29 is 28.3 Å². The highest BCUT2D eigenvalue weighted by Gasteiger charge is 2.36. The summed E-state index contributed by atoms with van der Waals surface area (Å²) in [5, 5.41) is 3.05. The number of imide groups is 2. The van der Waals surface area contributed by atoms with Gasteiger partial charge in [-0.2, -0.15) is 0 Å². The van der Waals surface area contributed by atoms with Crippen LogP contribution in [0, 0.1) is 0 Å². The second-order valence-electron chi connectivity index (χ2n) is 8.03. The van der Waals surface area contributed by atoms with E-state index in [0.717, 1.165) is 10.5 Å². The number of hydrogen-bond donors (Lipinski definition) is 1. The lowest BCUT2D eigenvalue weighted by Crippen LogP contribution is -2.53. The van der Waals surface area contributed by atoms with E-state index in [1.54, 1.807) is 48.5 Å². The van der Waals surface area contributed by atoms with Crippen molar-refractivity contribution in [1.29, 1.82) is 0 Å². The number of benzene rings is 2. The molecule has 0 bridgehead atoms. The summed E-state index contributed by atoms with van der Waals surface area (Å²) in [6, 6.07) is 11.0. The van der Waals surface area contributed by atoms with Crippen molar-refractivity contribution in [2.45, 2.75) is 19.6 Å². The summed E-state index contributed by atoms with van der Waals surface area (Å²) >= 11 is 12.1. The van der Waals surface area contributed by atoms with Gasteiger partial charge in [-0.1, -0.05) is 35.3 Å². The molecule has 0 atom stereocenters. The first-order valence-corrected chi connectivity index (χ1v) is 11.9. The number of nitrogens with one attached hydrogen (secondary N) is 1. The summed E-state index contributed by atoms with van der Waals surface area (Å²) in [4.78, 5) is 38.8. The van der Waals surface area contributed by atoms with Gasteiger partial charge in [-0.15, -0.1) is 6.58 Å². The minimum atomic E-state index is -0.820. The first-order chi connectivity index (χ1) is 17.8. The molecule has 0 spiro atoms. The fourth-order valence-electron chi connectivity index (χ4n) is 3.74. The van der Waals surface area contributed by atoms with Gasteiger partial charge < -0.3 is 13.9 Å². The van der Waals surface area contributed by atoms with Crippen LogP contribution in [0.1, 0.15) is 22.5 Å². The topological polar surface area (TPSA) is 98.1 Å². The van der Waals surface area contributed by atoms with Crippen molar-refractivity contribution >= 4 is 47.1 Å². The zero-order valence-corrected chi connectivity index (χ0v) is 21.3. The van der Waals surface area contributed by atoms with Gasteiger partial charge in [0.1, 0.15) is 17.9 Å². The fourth-order valence-corrected chi connectivity index (χ4v) is 4.06. The van der Waals surface area contributed by atoms with E-state index in [-0.39, 0.29) is 18.7 Å². The predicted molar refractivity (Wildman–Crippen MR) is 138 cm³/mol. The van der Waals surface area contributed by atoms with Crippen molar-refractivity contribution in [2.75, 3.05) is 7.11 Å². The monoisotopic (exact) mass is 540 g/mol. The minimum Gasteiger partial charge on any atom is -0.493 e. The van der Waals surface area contributed by atoms with E-state index in [1.807, 2.05) is 0 Å². The van der Waals surface area contributed by atoms with Gasteiger partial charge in [-0.3, -0.25) is 19.8 Å². The van der Waals surface area contributed by atoms with Crippen LogP contribution in [0.4, 0.5) is 4.79 Å². The Morgan fingerprint density at radius 1 is 1.11 bits per heavy atom. The zero-order valence-electron chi connectivity index (χ0n) is 19.8. The number of methoxy groups -OCH3 is 1. The van der Waals surface area contributed by atoms with Gasteiger partial charge in [0.2, 0.25) is 0 Å². The molecule has 1 aliphatic rings. The number of barbiturate groups is 1. The second-order valence-corrected chi connectivity index (χ2v) is 8.84. The fraction of sp³-hybridized carbons (Fsp3) is 0.148. The minimum absolute atomic E-state index is 0.116. The molecule has 1 fully saturated rings. The van der Waals surface area contributed by atoms with Gasteiger partial charge in [0.15, 0.2) is 11.5 Å². The van der Waals surface area contributed by atoms with Crippen molar-refractivity contribution in [3.05, 3.63) is 99.5 Å². The van der Waals surface area contributed by atoms with E-state index in [9.17, 15) is 14.4 Å². The summed E-state index contributed by atoms with van der Waals surface area (Å²) in [5.74, 6) is -0.275. The van der Waals surface area contributed by atoms with Crippen LogP contribution >= 0.6 is 23.2 Å². The molecule has 0 aliphatic carbocycles. The lowest BCUT2D eigenvalue weighted by atomic mass is 10.0. The molecule has 2 heterocycles. The number of ether oxygens (including phenoxy) is 2. The van der Waals surface area contributed by atoms with E-state index in [0.29, 0.717) is 44.9 Å². The molecule has 1 aromatic heterocycles. The van der Waals surface area contributed by atoms with Crippen LogP contribution in [0.25, 0.3) is 6.08 Å². The molecule has 1 N–H and O–H groups in total. The third-order valence-corrected chi connectivity index (χ3v) is 6.24. The van der Waals surface area contributed by atoms with E-state index in [1.165, 1.54) is 19.4 Å². The third kappa shape index (κ3) is 5.87. The van der Waals surface area contributed by atoms with Crippen LogP contribution in [-0.2, 0) is 29.2 Å². The highest BCUT2D eigenvalue weighted by atomic mass is 35.5. The average molecular weight is 541 g/mol. The average Bonchev–Trinajstić information content (AvgIpc) is 3.39. The van der Waals surface area contributed by atoms with Gasteiger partial charge in [-0.05, 0) is 60.0 Å². The lowest BCUT2D eigenvalue weighted by molar-refractivity contribution is -0.130. The quantitative estimate of drug-likeness (QED) is 0.216. The Morgan fingerprint density at radius 3 is 2.59 bits per heavy atom. The maximum atomic E-state index is 13.1. The van der Waals surface area contributed by atoms with E-state index < -0.39 is 17.8 Å². The van der Waals surface area contributed by atoms with Crippen LogP contribution in [0.5, 0.6) is 11.5 Å². The molecule has 37 heavy (non-hydrogen) atoms. The molecule has 8 nitrogen and oxygen atoms in total. The predicted octanol–water partition coefficient (Wildman–Crippen LogP) is 5.56. The Hall–Kier alpha value is -4.01. The highest BCUT2D eigenvalue weighted by molar-refractivity contribution is 6.42. The Bertz CT molecular complexity index is 1400. The molecule has 0 unspecified atom stereocenters. The molecule has 1 aliphatic heterocycles. The smallest absolute Gasteiger partial charge is 0.331 e. The normalized spacial score (nSPS) is 14.6. The van der Waals surface area contributed by atoms with Crippen LogP contribution in [0.3, 0.4) is 0 Å². The van der Waals surface area contributed by atoms with Crippen LogP contribution < -0.4 is 14.8 Å². The van der Waals surface area contributed by atoms with Gasteiger partial charge >= 0.3 is 6.03 Å². The number of amides is 4. The van der Waals surface area contributed by atoms with E-state index >= 15 is 0 Å². The second kappa shape index (κ2) is 11.4. The zero-order chi connectivity index (χ0) is 26.5. The molecular weight excluding hydrogens is 519 g/mol. The lowest BCUT2D eigenvalue weighted by Gasteiger charge is -2.25. The molecule has 10 heteroatoms. The van der Waals surface area contributed by atoms with Crippen molar-refractivity contribution in [2.24, 2.45) is 0 Å². The number of halogens is 2. The Kier molecular flexibility index (Phi) is 8.01. The number of carbonyl (C=O) groups excluding carboxylic acids is 3. The number of carbonyl (C=O) groups is 3. The SMILES string of the molecule is C=CCc1cc(/C=C2\C(=O)NC(=O)N(Cc3ccco3)C2=O)cc(OC)c1OCc1ccc(Cl)c(Cl)c1. The molecule has 4 rings (SSSR count). The van der Waals surface area contributed by atoms with Gasteiger partial charge in [0.05, 0.1) is 30.0 Å². The van der Waals surface area contributed by atoms with E-state index in [4.69, 9.17) is 37.1 Å². The summed E-state index contributed by atoms with van der Waals surface area (Å²) in [7, 11) is 1.48. The number of hydrogen-bond acceptors (Lipinski definition) is 6. The molecule has 190 valence electrons. The van der Waals surface area contributed by atoms with Gasteiger partial charge in [-0.25, -0.2) is 4.79 Å². The largest absolute Gasteiger partial charge is 0.493 e. The number of allylic oxidation sites excluding steroid dienone is 1. The maximum Gasteiger partial charge on any atom is 0.331 e. The van der Waals surface area contributed by atoms with Gasteiger partial charge in [0.25, 0.3) is 11.8 Å². The standard InChI is InChI=1S/C27H22Cl2N2O6/c1-3-5-18-10-17(13-23(35-2)24(18)37-15-16-7-8-21(28)22(29)12-16)11-20-25(32)30-27(34)31(26(20)33)14-19-6-4-9-36-19/h3-4,6-13H,1,5,14-15H2,2H3,(H,30,32,34)/b20-11+. The Labute approximate surface area is 223 Å². The molecule has 0 saturated carbocycles. The van der Waals surface area contributed by atoms with Crippen LogP contribution in [0.2, 0.25) is 10.0 Å². The maximum absolute atomic E-state index is 13.1. The summed E-state index contributed by atoms with van der Waals surface area (Å²) in [5.41, 5.74) is 1.81. The van der Waals surface area contributed by atoms with Crippen molar-refractivity contribution in [1.82, 2.24) is 10.2 Å². The summed E-state index contributed by atoms with van der Waals surface area (Å²) in [6.07, 6.45) is 4.95. The first-order valence-electron chi connectivity index (χ1n) is 11.1. The summed E-state index contributed by atoms with van der Waals surface area (Å²) < 4.78 is 16.9. The van der Waals surface area contributed by atoms with Crippen LogP contribution in [-0.4, -0.2) is 29.9 Å². The van der Waals surface area contributed by atoms with Crippen molar-refractivity contribution in [3.8, 4) is 11.5 Å². The Morgan fingerprint density at radius 2 is 1.92 bits per heavy atom. The molecule has 3 aromatic rings. The molecule has 1 saturated heterocycles.